The van der Waals surface area contributed by atoms with E-state index in [1.807, 2.05) is 0 Å². The first-order valence-electron chi connectivity index (χ1n) is 2.19. The number of carbonyl (C=O) groups excluding carboxylic acids is 1. The lowest BCUT2D eigenvalue weighted by Crippen LogP contribution is -2.22. The molecule has 3 N–H and O–H groups in total. The van der Waals surface area contributed by atoms with Gasteiger partial charge in [-0.25, -0.2) is 0 Å². The van der Waals surface area contributed by atoms with Crippen LogP contribution in [0.25, 0.3) is 0 Å². The molecular weight excluding hydrogens is 124 g/mol. The standard InChI is InChI=1S/C4H7NO3.H3N/c1-3(4(2)6)5(7)8;/h3H,1-2H3;1H3. The summed E-state index contributed by atoms with van der Waals surface area (Å²) in [5, 5.41) is 9.73. The van der Waals surface area contributed by atoms with E-state index in [1.54, 1.807) is 0 Å². The van der Waals surface area contributed by atoms with E-state index in [4.69, 9.17) is 0 Å². The van der Waals surface area contributed by atoms with E-state index in [-0.39, 0.29) is 6.15 Å². The number of ketones is 1. The summed E-state index contributed by atoms with van der Waals surface area (Å²) in [7, 11) is 0. The highest BCUT2D eigenvalue weighted by Gasteiger charge is 2.17. The molecule has 0 bridgehead atoms. The van der Waals surface area contributed by atoms with Crippen LogP contribution >= 0.6 is 0 Å². The molecule has 0 radical (unpaired) electrons. The van der Waals surface area contributed by atoms with E-state index in [0.717, 1.165) is 0 Å². The third kappa shape index (κ3) is 3.60. The zero-order valence-electron chi connectivity index (χ0n) is 5.46. The Morgan fingerprint density at radius 3 is 2.00 bits per heavy atom. The van der Waals surface area contributed by atoms with E-state index < -0.39 is 16.7 Å². The molecule has 0 fully saturated rings. The maximum Gasteiger partial charge on any atom is 0.267 e. The summed E-state index contributed by atoms with van der Waals surface area (Å²) in [5.74, 6) is -0.407. The quantitative estimate of drug-likeness (QED) is 0.436. The molecule has 0 aliphatic carbocycles. The molecule has 0 rings (SSSR count). The minimum absolute atomic E-state index is 0. The van der Waals surface area contributed by atoms with Gasteiger partial charge in [-0.05, 0) is 0 Å². The van der Waals surface area contributed by atoms with Crippen LogP contribution in [0.4, 0.5) is 0 Å². The van der Waals surface area contributed by atoms with Gasteiger partial charge in [0.05, 0.1) is 0 Å². The Morgan fingerprint density at radius 2 is 2.00 bits per heavy atom. The molecule has 1 unspecified atom stereocenters. The summed E-state index contributed by atoms with van der Waals surface area (Å²) in [6.07, 6.45) is 0. The highest BCUT2D eigenvalue weighted by molar-refractivity contribution is 5.79. The Morgan fingerprint density at radius 1 is 1.67 bits per heavy atom. The molecule has 5 heteroatoms. The largest absolute Gasteiger partial charge is 0.344 e. The molecule has 0 saturated carbocycles. The minimum Gasteiger partial charge on any atom is -0.344 e. The van der Waals surface area contributed by atoms with Crippen LogP contribution in [0.3, 0.4) is 0 Å². The molecule has 5 nitrogen and oxygen atoms in total. The van der Waals surface area contributed by atoms with Crippen LogP contribution in [0, 0.1) is 10.1 Å². The number of Topliss-reactive ketones (excluding diaryl/α,β-unsaturated/α-hetero) is 1. The topological polar surface area (TPSA) is 95.2 Å². The molecular formula is C4H10N2O3. The maximum atomic E-state index is 10.1. The minimum atomic E-state index is -1.05. The van der Waals surface area contributed by atoms with E-state index in [9.17, 15) is 14.9 Å². The fourth-order valence-corrected chi connectivity index (χ4v) is 0.148. The van der Waals surface area contributed by atoms with Gasteiger partial charge in [0.2, 0.25) is 5.78 Å². The van der Waals surface area contributed by atoms with Gasteiger partial charge >= 0.3 is 0 Å². The number of rotatable bonds is 2. The molecule has 0 aromatic rings. The van der Waals surface area contributed by atoms with Crippen molar-refractivity contribution in [2.45, 2.75) is 19.9 Å². The van der Waals surface area contributed by atoms with Crippen molar-refractivity contribution in [2.24, 2.45) is 0 Å². The van der Waals surface area contributed by atoms with Gasteiger partial charge in [-0.3, -0.25) is 14.9 Å². The lowest BCUT2D eigenvalue weighted by atomic mass is 10.3. The Balaban J connectivity index is 0. The van der Waals surface area contributed by atoms with Gasteiger partial charge < -0.3 is 6.15 Å². The predicted octanol–water partition coefficient (Wildman–Crippen LogP) is 0.403. The van der Waals surface area contributed by atoms with Gasteiger partial charge in [-0.1, -0.05) is 0 Å². The van der Waals surface area contributed by atoms with E-state index >= 15 is 0 Å². The second kappa shape index (κ2) is 3.96. The average Bonchev–Trinajstić information content (AvgIpc) is 1.64. The zero-order valence-corrected chi connectivity index (χ0v) is 5.46. The fraction of sp³-hybridized carbons (Fsp3) is 0.750. The van der Waals surface area contributed by atoms with Crippen molar-refractivity contribution in [3.63, 3.8) is 0 Å². The Hall–Kier alpha value is -0.970. The number of carbonyl (C=O) groups is 1. The smallest absolute Gasteiger partial charge is 0.267 e. The molecule has 0 aromatic carbocycles. The molecule has 9 heavy (non-hydrogen) atoms. The summed E-state index contributed by atoms with van der Waals surface area (Å²) >= 11 is 0. The third-order valence-electron chi connectivity index (χ3n) is 0.905. The van der Waals surface area contributed by atoms with Crippen LogP contribution in [0.5, 0.6) is 0 Å². The summed E-state index contributed by atoms with van der Waals surface area (Å²) < 4.78 is 0. The molecule has 0 aliphatic heterocycles. The second-order valence-electron chi connectivity index (χ2n) is 1.57. The Kier molecular flexibility index (Phi) is 4.81. The first-order valence-corrected chi connectivity index (χ1v) is 2.19. The Labute approximate surface area is 52.8 Å². The van der Waals surface area contributed by atoms with Crippen LogP contribution in [0.1, 0.15) is 13.8 Å². The molecule has 0 spiro atoms. The van der Waals surface area contributed by atoms with Crippen LogP contribution in [-0.2, 0) is 4.79 Å². The molecule has 0 saturated heterocycles. The Bertz CT molecular complexity index is 109. The van der Waals surface area contributed by atoms with Crippen molar-refractivity contribution in [3.05, 3.63) is 10.1 Å². The first-order chi connectivity index (χ1) is 3.55. The van der Waals surface area contributed by atoms with Gasteiger partial charge in [0.25, 0.3) is 6.04 Å². The van der Waals surface area contributed by atoms with E-state index in [2.05, 4.69) is 0 Å². The average molecular weight is 134 g/mol. The zero-order chi connectivity index (χ0) is 6.73. The van der Waals surface area contributed by atoms with Crippen molar-refractivity contribution in [1.82, 2.24) is 6.15 Å². The summed E-state index contributed by atoms with van der Waals surface area (Å²) in [4.78, 5) is 19.3. The number of hydrogen-bond donors (Lipinski definition) is 1. The van der Waals surface area contributed by atoms with Crippen LogP contribution < -0.4 is 6.15 Å². The predicted molar refractivity (Wildman–Crippen MR) is 32.2 cm³/mol. The number of nitrogens with zero attached hydrogens (tertiary/aromatic N) is 1. The highest BCUT2D eigenvalue weighted by Crippen LogP contribution is 1.87. The van der Waals surface area contributed by atoms with Crippen molar-refractivity contribution < 1.29 is 9.72 Å². The van der Waals surface area contributed by atoms with Gasteiger partial charge in [-0.15, -0.1) is 0 Å². The van der Waals surface area contributed by atoms with Gasteiger partial charge in [0.1, 0.15) is 0 Å². The second-order valence-corrected chi connectivity index (χ2v) is 1.57. The molecule has 0 aliphatic rings. The normalized spacial score (nSPS) is 11.3. The fourth-order valence-electron chi connectivity index (χ4n) is 0.148. The van der Waals surface area contributed by atoms with Gasteiger partial charge in [0, 0.05) is 18.8 Å². The number of nitro groups is 1. The number of hydrogen-bond acceptors (Lipinski definition) is 4. The van der Waals surface area contributed by atoms with Crippen molar-refractivity contribution in [2.75, 3.05) is 0 Å². The summed E-state index contributed by atoms with van der Waals surface area (Å²) in [6, 6.07) is -1.05. The van der Waals surface area contributed by atoms with Crippen molar-refractivity contribution in [1.29, 1.82) is 0 Å². The maximum absolute atomic E-state index is 10.1. The first kappa shape index (κ1) is 10.9. The molecule has 54 valence electrons. The van der Waals surface area contributed by atoms with Gasteiger partial charge in [0.15, 0.2) is 0 Å². The van der Waals surface area contributed by atoms with E-state index in [1.165, 1.54) is 13.8 Å². The summed E-state index contributed by atoms with van der Waals surface area (Å²) in [5.41, 5.74) is 0. The molecule has 0 amide bonds. The molecule has 0 heterocycles. The van der Waals surface area contributed by atoms with Crippen molar-refractivity contribution >= 4 is 5.78 Å². The van der Waals surface area contributed by atoms with Crippen molar-refractivity contribution in [3.8, 4) is 0 Å². The van der Waals surface area contributed by atoms with Crippen LogP contribution in [0.15, 0.2) is 0 Å². The van der Waals surface area contributed by atoms with E-state index in [0.29, 0.717) is 0 Å². The monoisotopic (exact) mass is 134 g/mol. The summed E-state index contributed by atoms with van der Waals surface area (Å²) in [6.45, 7) is 2.47. The molecule has 0 aromatic heterocycles. The SMILES string of the molecule is CC(=O)C(C)[N+](=O)[O-].N. The highest BCUT2D eigenvalue weighted by atomic mass is 16.6. The van der Waals surface area contributed by atoms with Crippen LogP contribution in [0.2, 0.25) is 0 Å². The van der Waals surface area contributed by atoms with Crippen LogP contribution in [-0.4, -0.2) is 16.7 Å². The van der Waals surface area contributed by atoms with Gasteiger partial charge in [-0.2, -0.15) is 0 Å². The molecule has 1 atom stereocenters. The third-order valence-corrected chi connectivity index (χ3v) is 0.905. The lowest BCUT2D eigenvalue weighted by molar-refractivity contribution is -0.502. The lowest BCUT2D eigenvalue weighted by Gasteiger charge is -1.94.